The molecule has 1 saturated carbocycles. The van der Waals surface area contributed by atoms with E-state index in [-0.39, 0.29) is 12.0 Å². The van der Waals surface area contributed by atoms with Crippen molar-refractivity contribution in [2.75, 3.05) is 13.1 Å². The molecular weight excluding hydrogens is 334 g/mol. The van der Waals surface area contributed by atoms with Crippen LogP contribution in [0, 0.1) is 6.92 Å². The van der Waals surface area contributed by atoms with E-state index in [1.165, 1.54) is 24.2 Å². The zero-order valence-corrected chi connectivity index (χ0v) is 15.3. The maximum Gasteiger partial charge on any atom is 0.265 e. The van der Waals surface area contributed by atoms with Gasteiger partial charge in [0.15, 0.2) is 0 Å². The van der Waals surface area contributed by atoms with Gasteiger partial charge in [-0.05, 0) is 25.3 Å². The molecule has 1 unspecified atom stereocenters. The Kier molecular flexibility index (Phi) is 4.70. The van der Waals surface area contributed by atoms with Gasteiger partial charge in [-0.25, -0.2) is 9.97 Å². The standard InChI is InChI=1S/C19H23N3O2S/c1-13-6-7-16(20-10-13)24-15-8-9-22(11-15)19(23)18-17(21-12-25-18)14-4-2-3-5-14/h6-7,10,12,14-15H,2-5,8-9,11H2,1H3. The van der Waals surface area contributed by atoms with Crippen LogP contribution in [0.5, 0.6) is 5.88 Å². The summed E-state index contributed by atoms with van der Waals surface area (Å²) in [6.07, 6.45) is 7.49. The summed E-state index contributed by atoms with van der Waals surface area (Å²) >= 11 is 1.48. The number of likely N-dealkylation sites (tertiary alicyclic amines) is 1. The minimum atomic E-state index is 0.0157. The molecule has 0 aromatic carbocycles. The molecule has 0 spiro atoms. The van der Waals surface area contributed by atoms with Crippen molar-refractivity contribution in [3.8, 4) is 5.88 Å². The van der Waals surface area contributed by atoms with Gasteiger partial charge < -0.3 is 9.64 Å². The molecule has 0 bridgehead atoms. The lowest BCUT2D eigenvalue weighted by Crippen LogP contribution is -2.31. The molecule has 1 saturated heterocycles. The highest BCUT2D eigenvalue weighted by Crippen LogP contribution is 2.36. The molecule has 4 rings (SSSR count). The van der Waals surface area contributed by atoms with Crippen LogP contribution in [0.2, 0.25) is 0 Å². The van der Waals surface area contributed by atoms with Crippen LogP contribution < -0.4 is 4.74 Å². The van der Waals surface area contributed by atoms with Crippen LogP contribution in [0.25, 0.3) is 0 Å². The SMILES string of the molecule is Cc1ccc(OC2CCN(C(=O)c3scnc3C3CCCC3)C2)nc1. The second kappa shape index (κ2) is 7.12. The molecule has 1 amide bonds. The van der Waals surface area contributed by atoms with Gasteiger partial charge in [-0.1, -0.05) is 18.9 Å². The highest BCUT2D eigenvalue weighted by Gasteiger charge is 2.32. The molecular formula is C19H23N3O2S. The Morgan fingerprint density at radius 2 is 2.08 bits per heavy atom. The van der Waals surface area contributed by atoms with Gasteiger partial charge in [0.25, 0.3) is 5.91 Å². The quantitative estimate of drug-likeness (QED) is 0.835. The first-order valence-corrected chi connectivity index (χ1v) is 9.90. The van der Waals surface area contributed by atoms with E-state index >= 15 is 0 Å². The normalized spacial score (nSPS) is 21.0. The van der Waals surface area contributed by atoms with Crippen molar-refractivity contribution in [1.29, 1.82) is 0 Å². The number of nitrogens with zero attached hydrogens (tertiary/aromatic N) is 3. The number of carbonyl (C=O) groups is 1. The number of hydrogen-bond donors (Lipinski definition) is 0. The van der Waals surface area contributed by atoms with Crippen LogP contribution in [0.15, 0.2) is 23.8 Å². The number of carbonyl (C=O) groups excluding carboxylic acids is 1. The molecule has 132 valence electrons. The monoisotopic (exact) mass is 357 g/mol. The maximum absolute atomic E-state index is 13.0. The molecule has 3 heterocycles. The Balaban J connectivity index is 1.40. The zero-order valence-electron chi connectivity index (χ0n) is 14.5. The van der Waals surface area contributed by atoms with Gasteiger partial charge >= 0.3 is 0 Å². The predicted octanol–water partition coefficient (Wildman–Crippen LogP) is 3.80. The molecule has 0 N–H and O–H groups in total. The summed E-state index contributed by atoms with van der Waals surface area (Å²) in [6.45, 7) is 3.36. The lowest BCUT2D eigenvalue weighted by atomic mass is 10.0. The van der Waals surface area contributed by atoms with Gasteiger partial charge in [-0.15, -0.1) is 11.3 Å². The van der Waals surface area contributed by atoms with Crippen LogP contribution in [-0.4, -0.2) is 40.0 Å². The van der Waals surface area contributed by atoms with E-state index in [4.69, 9.17) is 4.74 Å². The van der Waals surface area contributed by atoms with Crippen molar-refractivity contribution in [3.05, 3.63) is 40.0 Å². The van der Waals surface area contributed by atoms with E-state index in [1.807, 2.05) is 29.5 Å². The van der Waals surface area contributed by atoms with Crippen LogP contribution in [-0.2, 0) is 0 Å². The number of amides is 1. The molecule has 2 aromatic rings. The summed E-state index contributed by atoms with van der Waals surface area (Å²) in [5.41, 5.74) is 3.96. The molecule has 2 aliphatic rings. The Labute approximate surface area is 152 Å². The summed E-state index contributed by atoms with van der Waals surface area (Å²) in [5, 5.41) is 0. The van der Waals surface area contributed by atoms with E-state index in [2.05, 4.69) is 9.97 Å². The zero-order chi connectivity index (χ0) is 17.2. The van der Waals surface area contributed by atoms with Crippen molar-refractivity contribution >= 4 is 17.2 Å². The molecule has 2 aromatic heterocycles. The number of ether oxygens (including phenoxy) is 1. The topological polar surface area (TPSA) is 55.3 Å². The molecule has 25 heavy (non-hydrogen) atoms. The Hall–Kier alpha value is -1.95. The molecule has 0 radical (unpaired) electrons. The molecule has 1 aliphatic carbocycles. The summed E-state index contributed by atoms with van der Waals surface area (Å²) in [4.78, 5) is 24.5. The Bertz CT molecular complexity index is 737. The summed E-state index contributed by atoms with van der Waals surface area (Å²) in [7, 11) is 0. The van der Waals surface area contributed by atoms with Gasteiger partial charge in [0, 0.05) is 31.1 Å². The van der Waals surface area contributed by atoms with E-state index in [1.54, 1.807) is 6.20 Å². The third kappa shape index (κ3) is 3.54. The first-order chi connectivity index (χ1) is 12.2. The van der Waals surface area contributed by atoms with Gasteiger partial charge in [0.1, 0.15) is 11.0 Å². The lowest BCUT2D eigenvalue weighted by molar-refractivity contribution is 0.0774. The van der Waals surface area contributed by atoms with Crippen LogP contribution >= 0.6 is 11.3 Å². The van der Waals surface area contributed by atoms with Gasteiger partial charge in [0.2, 0.25) is 5.88 Å². The smallest absolute Gasteiger partial charge is 0.265 e. The van der Waals surface area contributed by atoms with E-state index in [0.29, 0.717) is 18.3 Å². The van der Waals surface area contributed by atoms with Crippen LogP contribution in [0.4, 0.5) is 0 Å². The van der Waals surface area contributed by atoms with Gasteiger partial charge in [-0.3, -0.25) is 4.79 Å². The second-order valence-electron chi connectivity index (χ2n) is 7.00. The van der Waals surface area contributed by atoms with Crippen molar-refractivity contribution in [2.24, 2.45) is 0 Å². The van der Waals surface area contributed by atoms with Crippen LogP contribution in [0.3, 0.4) is 0 Å². The fourth-order valence-corrected chi connectivity index (χ4v) is 4.59. The second-order valence-corrected chi connectivity index (χ2v) is 7.86. The molecule has 6 heteroatoms. The molecule has 1 atom stereocenters. The maximum atomic E-state index is 13.0. The number of rotatable bonds is 4. The van der Waals surface area contributed by atoms with Crippen molar-refractivity contribution in [2.45, 2.75) is 51.0 Å². The van der Waals surface area contributed by atoms with Gasteiger partial charge in [0.05, 0.1) is 17.7 Å². The third-order valence-corrected chi connectivity index (χ3v) is 5.97. The highest BCUT2D eigenvalue weighted by molar-refractivity contribution is 7.11. The van der Waals surface area contributed by atoms with Crippen molar-refractivity contribution in [1.82, 2.24) is 14.9 Å². The Morgan fingerprint density at radius 1 is 1.24 bits per heavy atom. The van der Waals surface area contributed by atoms with Crippen molar-refractivity contribution < 1.29 is 9.53 Å². The predicted molar refractivity (Wildman–Crippen MR) is 97.2 cm³/mol. The fourth-order valence-electron chi connectivity index (χ4n) is 3.75. The van der Waals surface area contributed by atoms with Crippen LogP contribution in [0.1, 0.15) is 59.0 Å². The van der Waals surface area contributed by atoms with Gasteiger partial charge in [-0.2, -0.15) is 0 Å². The first kappa shape index (κ1) is 16.5. The summed E-state index contributed by atoms with van der Waals surface area (Å²) in [5.74, 6) is 1.22. The molecule has 1 aliphatic heterocycles. The van der Waals surface area contributed by atoms with Crippen molar-refractivity contribution in [3.63, 3.8) is 0 Å². The molecule has 5 nitrogen and oxygen atoms in total. The summed E-state index contributed by atoms with van der Waals surface area (Å²) < 4.78 is 5.94. The number of pyridine rings is 1. The lowest BCUT2D eigenvalue weighted by Gasteiger charge is -2.18. The third-order valence-electron chi connectivity index (χ3n) is 5.13. The first-order valence-electron chi connectivity index (χ1n) is 9.02. The number of aryl methyl sites for hydroxylation is 1. The number of thiazole rings is 1. The minimum absolute atomic E-state index is 0.0157. The number of aromatic nitrogens is 2. The number of hydrogen-bond acceptors (Lipinski definition) is 5. The highest BCUT2D eigenvalue weighted by atomic mass is 32.1. The van der Waals surface area contributed by atoms with E-state index in [0.717, 1.165) is 41.9 Å². The van der Waals surface area contributed by atoms with E-state index in [9.17, 15) is 4.79 Å². The average Bonchev–Trinajstić information content (AvgIpc) is 3.37. The van der Waals surface area contributed by atoms with E-state index < -0.39 is 0 Å². The summed E-state index contributed by atoms with van der Waals surface area (Å²) in [6, 6.07) is 3.88. The minimum Gasteiger partial charge on any atom is -0.472 e. The Morgan fingerprint density at radius 3 is 2.84 bits per heavy atom. The largest absolute Gasteiger partial charge is 0.472 e. The average molecular weight is 357 g/mol. The fraction of sp³-hybridized carbons (Fsp3) is 0.526. The molecule has 2 fully saturated rings.